The Hall–Kier alpha value is -2.77. The van der Waals surface area contributed by atoms with Crippen LogP contribution in [0, 0.1) is 6.92 Å². The number of nitrogens with one attached hydrogen (secondary N) is 1. The molecule has 1 aromatic carbocycles. The lowest BCUT2D eigenvalue weighted by molar-refractivity contribution is -0.142. The van der Waals surface area contributed by atoms with Crippen molar-refractivity contribution < 1.29 is 19.1 Å². The van der Waals surface area contributed by atoms with Crippen LogP contribution >= 0.6 is 0 Å². The molecule has 8 heteroatoms. The number of nitrogens with zero attached hydrogens (tertiary/aromatic N) is 2. The van der Waals surface area contributed by atoms with Crippen molar-refractivity contribution in [1.29, 1.82) is 0 Å². The number of aryl methyl sites for hydroxylation is 2. The molecule has 1 amide bonds. The quantitative estimate of drug-likeness (QED) is 0.813. The van der Waals surface area contributed by atoms with Crippen molar-refractivity contribution in [1.82, 2.24) is 14.9 Å². The van der Waals surface area contributed by atoms with Crippen LogP contribution in [-0.2, 0) is 16.1 Å². The van der Waals surface area contributed by atoms with Gasteiger partial charge in [0.05, 0.1) is 17.2 Å². The molecule has 0 radical (unpaired) electrons. The molecule has 1 aromatic heterocycles. The fourth-order valence-electron chi connectivity index (χ4n) is 2.15. The number of carboxylic acid groups (broad SMARTS) is 1. The first-order valence-corrected chi connectivity index (χ1v) is 6.97. The van der Waals surface area contributed by atoms with Gasteiger partial charge in [0.2, 0.25) is 5.91 Å². The van der Waals surface area contributed by atoms with Crippen molar-refractivity contribution in [3.63, 3.8) is 0 Å². The molecular formula is C15H16FN3O4. The number of hydrogen-bond donors (Lipinski definition) is 2. The van der Waals surface area contributed by atoms with Gasteiger partial charge in [-0.3, -0.25) is 14.2 Å². The summed E-state index contributed by atoms with van der Waals surface area (Å²) in [5.41, 5.74) is 1.19. The van der Waals surface area contributed by atoms with Crippen molar-refractivity contribution in [2.75, 3.05) is 6.67 Å². The Morgan fingerprint density at radius 3 is 2.83 bits per heavy atom. The number of rotatable bonds is 6. The molecule has 2 N–H and O–H groups in total. The topological polar surface area (TPSA) is 101 Å². The maximum Gasteiger partial charge on any atom is 0.328 e. The zero-order valence-corrected chi connectivity index (χ0v) is 12.5. The summed E-state index contributed by atoms with van der Waals surface area (Å²) in [5.74, 6) is -2.09. The number of fused-ring (bicyclic) bond motifs is 1. The summed E-state index contributed by atoms with van der Waals surface area (Å²) < 4.78 is 13.7. The van der Waals surface area contributed by atoms with Gasteiger partial charge in [0.15, 0.2) is 6.04 Å². The number of aliphatic carboxylic acids is 1. The molecule has 122 valence electrons. The summed E-state index contributed by atoms with van der Waals surface area (Å²) in [4.78, 5) is 38.8. The highest BCUT2D eigenvalue weighted by atomic mass is 19.1. The Kier molecular flexibility index (Phi) is 5.05. The van der Waals surface area contributed by atoms with E-state index in [4.69, 9.17) is 5.11 Å². The molecule has 0 aliphatic carbocycles. The van der Waals surface area contributed by atoms with Gasteiger partial charge in [0.1, 0.15) is 6.67 Å². The molecule has 1 heterocycles. The third-order valence-electron chi connectivity index (χ3n) is 3.42. The van der Waals surface area contributed by atoms with Crippen LogP contribution in [0.3, 0.4) is 0 Å². The third kappa shape index (κ3) is 3.71. The minimum Gasteiger partial charge on any atom is -0.480 e. The second-order valence-electron chi connectivity index (χ2n) is 5.08. The lowest BCUT2D eigenvalue weighted by Crippen LogP contribution is -2.42. The van der Waals surface area contributed by atoms with E-state index in [0.29, 0.717) is 10.9 Å². The molecule has 0 saturated carbocycles. The maximum atomic E-state index is 12.4. The summed E-state index contributed by atoms with van der Waals surface area (Å²) in [5, 5.41) is 11.2. The van der Waals surface area contributed by atoms with E-state index in [1.807, 2.05) is 13.0 Å². The lowest BCUT2D eigenvalue weighted by atomic mass is 10.1. The number of carbonyl (C=O) groups is 2. The van der Waals surface area contributed by atoms with E-state index in [0.717, 1.165) is 5.56 Å². The van der Waals surface area contributed by atoms with Gasteiger partial charge in [-0.25, -0.2) is 14.2 Å². The van der Waals surface area contributed by atoms with Crippen LogP contribution in [-0.4, -0.2) is 39.3 Å². The van der Waals surface area contributed by atoms with Crippen LogP contribution in [0.2, 0.25) is 0 Å². The van der Waals surface area contributed by atoms with Gasteiger partial charge in [-0.05, 0) is 18.6 Å². The first-order chi connectivity index (χ1) is 10.9. The largest absolute Gasteiger partial charge is 0.480 e. The smallest absolute Gasteiger partial charge is 0.328 e. The van der Waals surface area contributed by atoms with E-state index in [9.17, 15) is 18.8 Å². The number of halogens is 1. The van der Waals surface area contributed by atoms with Gasteiger partial charge >= 0.3 is 5.97 Å². The third-order valence-corrected chi connectivity index (χ3v) is 3.42. The summed E-state index contributed by atoms with van der Waals surface area (Å²) in [6, 6.07) is 3.67. The Bertz CT molecular complexity index is 803. The molecule has 7 nitrogen and oxygen atoms in total. The van der Waals surface area contributed by atoms with Crippen molar-refractivity contribution >= 4 is 22.8 Å². The van der Waals surface area contributed by atoms with Crippen molar-refractivity contribution in [3.05, 3.63) is 40.4 Å². The van der Waals surface area contributed by atoms with Crippen LogP contribution in [0.15, 0.2) is 29.3 Å². The molecule has 2 rings (SSSR count). The highest BCUT2D eigenvalue weighted by molar-refractivity contribution is 5.83. The van der Waals surface area contributed by atoms with Crippen molar-refractivity contribution in [2.45, 2.75) is 25.9 Å². The predicted octanol–water partition coefficient (Wildman–Crippen LogP) is 0.634. The number of carboxylic acids is 1. The number of carbonyl (C=O) groups excluding carboxylic acids is 1. The minimum atomic E-state index is -1.57. The van der Waals surface area contributed by atoms with E-state index in [2.05, 4.69) is 10.3 Å². The first kappa shape index (κ1) is 16.6. The highest BCUT2D eigenvalue weighted by Crippen LogP contribution is 2.11. The molecule has 0 aliphatic heterocycles. The number of alkyl halides is 1. The summed E-state index contributed by atoms with van der Waals surface area (Å²) in [6.45, 7) is 0.674. The molecule has 0 aliphatic rings. The molecule has 1 atom stereocenters. The number of para-hydroxylation sites is 1. The van der Waals surface area contributed by atoms with Crippen LogP contribution in [0.5, 0.6) is 0 Å². The van der Waals surface area contributed by atoms with Gasteiger partial charge in [0.25, 0.3) is 5.56 Å². The zero-order chi connectivity index (χ0) is 17.0. The number of aromatic nitrogens is 2. The Labute approximate surface area is 130 Å². The lowest BCUT2D eigenvalue weighted by Gasteiger charge is -2.11. The van der Waals surface area contributed by atoms with E-state index in [1.165, 1.54) is 10.9 Å². The summed E-state index contributed by atoms with van der Waals surface area (Å²) in [7, 11) is 0. The molecule has 0 saturated heterocycles. The van der Waals surface area contributed by atoms with E-state index in [1.54, 1.807) is 12.1 Å². The molecule has 0 fully saturated rings. The second-order valence-corrected chi connectivity index (χ2v) is 5.08. The normalized spacial score (nSPS) is 12.1. The molecule has 1 unspecified atom stereocenters. The van der Waals surface area contributed by atoms with Gasteiger partial charge in [-0.1, -0.05) is 12.1 Å². The van der Waals surface area contributed by atoms with E-state index >= 15 is 0 Å². The number of hydrogen-bond acceptors (Lipinski definition) is 4. The van der Waals surface area contributed by atoms with Crippen LogP contribution in [0.25, 0.3) is 10.9 Å². The number of benzene rings is 1. The van der Waals surface area contributed by atoms with Crippen LogP contribution in [0.4, 0.5) is 4.39 Å². The fourth-order valence-corrected chi connectivity index (χ4v) is 2.15. The predicted molar refractivity (Wildman–Crippen MR) is 80.9 cm³/mol. The van der Waals surface area contributed by atoms with E-state index < -0.39 is 24.6 Å². The van der Waals surface area contributed by atoms with Crippen molar-refractivity contribution in [2.24, 2.45) is 0 Å². The molecule has 23 heavy (non-hydrogen) atoms. The average molecular weight is 321 g/mol. The number of amides is 1. The molecular weight excluding hydrogens is 305 g/mol. The Morgan fingerprint density at radius 1 is 1.43 bits per heavy atom. The van der Waals surface area contributed by atoms with Gasteiger partial charge in [0, 0.05) is 13.0 Å². The zero-order valence-electron chi connectivity index (χ0n) is 12.5. The standard InChI is InChI=1S/C15H16FN3O4/c1-9-3-2-4-10-13(9)17-8-19(14(10)21)6-5-12(20)18-11(7-16)15(22)23/h2-4,8,11H,5-7H2,1H3,(H,18,20)(H,22,23). The Morgan fingerprint density at radius 2 is 2.17 bits per heavy atom. The van der Waals surface area contributed by atoms with Crippen LogP contribution in [0.1, 0.15) is 12.0 Å². The van der Waals surface area contributed by atoms with Crippen LogP contribution < -0.4 is 10.9 Å². The van der Waals surface area contributed by atoms with Gasteiger partial charge in [-0.15, -0.1) is 0 Å². The molecule has 2 aromatic rings. The van der Waals surface area contributed by atoms with Gasteiger partial charge in [-0.2, -0.15) is 0 Å². The fraction of sp³-hybridized carbons (Fsp3) is 0.333. The SMILES string of the molecule is Cc1cccc2c(=O)n(CCC(=O)NC(CF)C(=O)O)cnc12. The highest BCUT2D eigenvalue weighted by Gasteiger charge is 2.19. The second kappa shape index (κ2) is 6.99. The summed E-state index contributed by atoms with van der Waals surface area (Å²) in [6.07, 6.45) is 1.19. The molecule has 0 bridgehead atoms. The van der Waals surface area contributed by atoms with E-state index in [-0.39, 0.29) is 18.5 Å². The monoisotopic (exact) mass is 321 g/mol. The molecule has 0 spiro atoms. The average Bonchev–Trinajstić information content (AvgIpc) is 2.52. The summed E-state index contributed by atoms with van der Waals surface area (Å²) >= 11 is 0. The first-order valence-electron chi connectivity index (χ1n) is 6.97. The van der Waals surface area contributed by atoms with Crippen molar-refractivity contribution in [3.8, 4) is 0 Å². The maximum absolute atomic E-state index is 12.4. The van der Waals surface area contributed by atoms with Gasteiger partial charge < -0.3 is 10.4 Å². The minimum absolute atomic E-state index is 0.0279. The Balaban J connectivity index is 2.11.